The van der Waals surface area contributed by atoms with E-state index in [4.69, 9.17) is 4.74 Å². The second-order valence-corrected chi connectivity index (χ2v) is 8.91. The van der Waals surface area contributed by atoms with Crippen LogP contribution in [0.15, 0.2) is 46.5 Å². The quantitative estimate of drug-likeness (QED) is 0.557. The van der Waals surface area contributed by atoms with Crippen LogP contribution in [0, 0.1) is 13.8 Å². The first kappa shape index (κ1) is 18.8. The number of thioether (sulfide) groups is 1. The second-order valence-electron chi connectivity index (χ2n) is 5.64. The van der Waals surface area contributed by atoms with Crippen molar-refractivity contribution in [1.82, 2.24) is 9.29 Å². The molecule has 0 spiro atoms. The summed E-state index contributed by atoms with van der Waals surface area (Å²) in [6, 6.07) is 9.43. The van der Waals surface area contributed by atoms with Crippen molar-refractivity contribution in [2.45, 2.75) is 23.8 Å². The fourth-order valence-corrected chi connectivity index (χ4v) is 3.65. The van der Waals surface area contributed by atoms with Gasteiger partial charge in [-0.3, -0.25) is 0 Å². The number of benzene rings is 1. The van der Waals surface area contributed by atoms with Crippen LogP contribution in [0.4, 0.5) is 0 Å². The van der Waals surface area contributed by atoms with Crippen LogP contribution in [-0.2, 0) is 10.0 Å². The fourth-order valence-electron chi connectivity index (χ4n) is 2.14. The SMILES string of the molecule is Cc1cc(C)cc(OCCSc2ccc(S(=O)(=O)N(C)C)cn2)c1. The third kappa shape index (κ3) is 4.96. The number of sulfonamides is 1. The van der Waals surface area contributed by atoms with Gasteiger partial charge in [-0.2, -0.15) is 0 Å². The molecule has 1 heterocycles. The summed E-state index contributed by atoms with van der Waals surface area (Å²) in [5, 5.41) is 0.775. The first-order valence-electron chi connectivity index (χ1n) is 7.51. The van der Waals surface area contributed by atoms with Gasteiger partial charge in [0.05, 0.1) is 11.6 Å². The monoisotopic (exact) mass is 366 g/mol. The van der Waals surface area contributed by atoms with E-state index >= 15 is 0 Å². The highest BCUT2D eigenvalue weighted by Crippen LogP contribution is 2.20. The van der Waals surface area contributed by atoms with Crippen molar-refractivity contribution in [2.75, 3.05) is 26.5 Å². The Morgan fingerprint density at radius 1 is 1.12 bits per heavy atom. The highest BCUT2D eigenvalue weighted by molar-refractivity contribution is 7.99. The van der Waals surface area contributed by atoms with Gasteiger partial charge >= 0.3 is 0 Å². The Hall–Kier alpha value is -1.57. The molecule has 1 aromatic heterocycles. The van der Waals surface area contributed by atoms with Crippen LogP contribution in [0.2, 0.25) is 0 Å². The predicted molar refractivity (Wildman–Crippen MR) is 97.2 cm³/mol. The van der Waals surface area contributed by atoms with E-state index < -0.39 is 10.0 Å². The van der Waals surface area contributed by atoms with Gasteiger partial charge in [-0.1, -0.05) is 6.07 Å². The van der Waals surface area contributed by atoms with Gasteiger partial charge in [-0.15, -0.1) is 11.8 Å². The largest absolute Gasteiger partial charge is 0.493 e. The number of nitrogens with zero attached hydrogens (tertiary/aromatic N) is 2. The molecule has 7 heteroatoms. The van der Waals surface area contributed by atoms with Crippen molar-refractivity contribution in [1.29, 1.82) is 0 Å². The number of aromatic nitrogens is 1. The molecular weight excluding hydrogens is 344 g/mol. The number of rotatable bonds is 7. The molecule has 0 aliphatic heterocycles. The molecule has 130 valence electrons. The molecule has 0 aliphatic rings. The van der Waals surface area contributed by atoms with E-state index in [-0.39, 0.29) is 4.90 Å². The zero-order chi connectivity index (χ0) is 17.7. The summed E-state index contributed by atoms with van der Waals surface area (Å²) in [6.07, 6.45) is 1.39. The van der Waals surface area contributed by atoms with Crippen LogP contribution >= 0.6 is 11.8 Å². The third-order valence-electron chi connectivity index (χ3n) is 3.28. The molecule has 24 heavy (non-hydrogen) atoms. The van der Waals surface area contributed by atoms with Crippen LogP contribution in [0.25, 0.3) is 0 Å². The fraction of sp³-hybridized carbons (Fsp3) is 0.353. The van der Waals surface area contributed by atoms with Crippen LogP contribution < -0.4 is 4.74 Å². The molecule has 0 saturated carbocycles. The smallest absolute Gasteiger partial charge is 0.244 e. The average Bonchev–Trinajstić information content (AvgIpc) is 2.51. The normalized spacial score (nSPS) is 11.7. The van der Waals surface area contributed by atoms with E-state index in [1.807, 2.05) is 26.0 Å². The average molecular weight is 367 g/mol. The van der Waals surface area contributed by atoms with Gasteiger partial charge in [-0.05, 0) is 49.2 Å². The maximum atomic E-state index is 12.0. The lowest BCUT2D eigenvalue weighted by atomic mass is 10.1. The van der Waals surface area contributed by atoms with E-state index in [0.717, 1.165) is 16.5 Å². The van der Waals surface area contributed by atoms with Crippen LogP contribution in [0.3, 0.4) is 0 Å². The van der Waals surface area contributed by atoms with E-state index in [1.165, 1.54) is 47.5 Å². The number of hydrogen-bond acceptors (Lipinski definition) is 5. The second kappa shape index (κ2) is 8.00. The van der Waals surface area contributed by atoms with E-state index in [2.05, 4.69) is 11.1 Å². The molecule has 5 nitrogen and oxygen atoms in total. The minimum absolute atomic E-state index is 0.198. The molecule has 0 unspecified atom stereocenters. The summed E-state index contributed by atoms with van der Waals surface area (Å²) in [5.41, 5.74) is 2.36. The number of ether oxygens (including phenoxy) is 1. The molecule has 0 saturated heterocycles. The summed E-state index contributed by atoms with van der Waals surface area (Å²) >= 11 is 1.53. The van der Waals surface area contributed by atoms with E-state index in [1.54, 1.807) is 12.1 Å². The molecule has 2 aromatic rings. The van der Waals surface area contributed by atoms with Crippen molar-refractivity contribution in [2.24, 2.45) is 0 Å². The molecule has 2 rings (SSSR count). The highest BCUT2D eigenvalue weighted by atomic mass is 32.2. The summed E-state index contributed by atoms with van der Waals surface area (Å²) in [7, 11) is -0.422. The maximum absolute atomic E-state index is 12.0. The van der Waals surface area contributed by atoms with Gasteiger partial charge in [0.1, 0.15) is 10.6 Å². The number of aryl methyl sites for hydroxylation is 2. The summed E-state index contributed by atoms with van der Waals surface area (Å²) in [6.45, 7) is 4.65. The van der Waals surface area contributed by atoms with Crippen LogP contribution in [0.5, 0.6) is 5.75 Å². The Morgan fingerprint density at radius 3 is 2.33 bits per heavy atom. The van der Waals surface area contributed by atoms with Crippen molar-refractivity contribution < 1.29 is 13.2 Å². The molecule has 0 amide bonds. The van der Waals surface area contributed by atoms with Gasteiger partial charge < -0.3 is 4.74 Å². The lowest BCUT2D eigenvalue weighted by Crippen LogP contribution is -2.22. The van der Waals surface area contributed by atoms with Crippen molar-refractivity contribution in [3.63, 3.8) is 0 Å². The molecule has 0 N–H and O–H groups in total. The first-order valence-corrected chi connectivity index (χ1v) is 9.94. The third-order valence-corrected chi connectivity index (χ3v) is 5.99. The molecular formula is C17H22N2O3S2. The molecule has 1 aromatic carbocycles. The number of pyridine rings is 1. The van der Waals surface area contributed by atoms with Gasteiger partial charge in [-0.25, -0.2) is 17.7 Å². The first-order chi connectivity index (χ1) is 11.3. The lowest BCUT2D eigenvalue weighted by Gasteiger charge is -2.11. The summed E-state index contributed by atoms with van der Waals surface area (Å²) in [4.78, 5) is 4.40. The molecule has 0 bridgehead atoms. The molecule has 0 fully saturated rings. The topological polar surface area (TPSA) is 59.5 Å². The predicted octanol–water partition coefficient (Wildman–Crippen LogP) is 3.12. The zero-order valence-electron chi connectivity index (χ0n) is 14.3. The maximum Gasteiger partial charge on any atom is 0.244 e. The number of hydrogen-bond donors (Lipinski definition) is 0. The Kier molecular flexibility index (Phi) is 6.26. The Balaban J connectivity index is 1.87. The zero-order valence-corrected chi connectivity index (χ0v) is 15.9. The van der Waals surface area contributed by atoms with Gasteiger partial charge in [0.25, 0.3) is 0 Å². The minimum atomic E-state index is -3.43. The summed E-state index contributed by atoms with van der Waals surface area (Å²) in [5.74, 6) is 1.60. The van der Waals surface area contributed by atoms with E-state index in [9.17, 15) is 8.42 Å². The van der Waals surface area contributed by atoms with Crippen molar-refractivity contribution in [3.05, 3.63) is 47.7 Å². The van der Waals surface area contributed by atoms with Gasteiger partial charge in [0, 0.05) is 26.0 Å². The Labute approximate surface area is 148 Å². The van der Waals surface area contributed by atoms with E-state index in [0.29, 0.717) is 6.61 Å². The highest BCUT2D eigenvalue weighted by Gasteiger charge is 2.17. The van der Waals surface area contributed by atoms with Gasteiger partial charge in [0.15, 0.2) is 0 Å². The Bertz CT molecular complexity index is 768. The van der Waals surface area contributed by atoms with Gasteiger partial charge in [0.2, 0.25) is 10.0 Å². The van der Waals surface area contributed by atoms with Crippen molar-refractivity contribution in [3.8, 4) is 5.75 Å². The van der Waals surface area contributed by atoms with Crippen LogP contribution in [0.1, 0.15) is 11.1 Å². The van der Waals surface area contributed by atoms with Crippen molar-refractivity contribution >= 4 is 21.8 Å². The standard InChI is InChI=1S/C17H22N2O3S2/c1-13-9-14(2)11-15(10-13)22-7-8-23-17-6-5-16(12-18-17)24(20,21)19(3)4/h5-6,9-12H,7-8H2,1-4H3. The molecule has 0 atom stereocenters. The molecule has 0 radical (unpaired) electrons. The Morgan fingerprint density at radius 2 is 1.79 bits per heavy atom. The summed E-state index contributed by atoms with van der Waals surface area (Å²) < 4.78 is 30.9. The molecule has 0 aliphatic carbocycles. The lowest BCUT2D eigenvalue weighted by molar-refractivity contribution is 0.343. The van der Waals surface area contributed by atoms with Crippen LogP contribution in [-0.4, -0.2) is 44.2 Å². The minimum Gasteiger partial charge on any atom is -0.493 e.